The number of carbonyl (C=O) groups is 1. The van der Waals surface area contributed by atoms with Crippen LogP contribution < -0.4 is 0 Å². The van der Waals surface area contributed by atoms with Gasteiger partial charge in [-0.3, -0.25) is 9.69 Å². The summed E-state index contributed by atoms with van der Waals surface area (Å²) in [6.07, 6.45) is 2.88. The second kappa shape index (κ2) is 8.65. The van der Waals surface area contributed by atoms with E-state index in [2.05, 4.69) is 18.7 Å². The quantitative estimate of drug-likeness (QED) is 0.782. The molecule has 1 heterocycles. The highest BCUT2D eigenvalue weighted by Crippen LogP contribution is 2.20. The molecule has 0 N–H and O–H groups in total. The van der Waals surface area contributed by atoms with Crippen molar-refractivity contribution >= 4 is 17.5 Å². The van der Waals surface area contributed by atoms with Gasteiger partial charge in [0.2, 0.25) is 5.91 Å². The number of carbonyl (C=O) groups excluding carboxylic acids is 1. The number of rotatable bonds is 6. The minimum absolute atomic E-state index is 0.269. The maximum absolute atomic E-state index is 13.1. The highest BCUT2D eigenvalue weighted by atomic mass is 35.5. The predicted octanol–water partition coefficient (Wildman–Crippen LogP) is 3.95. The molecule has 0 aliphatic carbocycles. The molecule has 23 heavy (non-hydrogen) atoms. The third-order valence-electron chi connectivity index (χ3n) is 4.44. The van der Waals surface area contributed by atoms with Gasteiger partial charge in [-0.05, 0) is 23.6 Å². The van der Waals surface area contributed by atoms with Crippen LogP contribution in [0.1, 0.15) is 38.7 Å². The van der Waals surface area contributed by atoms with Gasteiger partial charge in [0.1, 0.15) is 5.82 Å². The summed E-state index contributed by atoms with van der Waals surface area (Å²) in [7, 11) is 0. The van der Waals surface area contributed by atoms with Gasteiger partial charge in [0.25, 0.3) is 0 Å². The van der Waals surface area contributed by atoms with Crippen molar-refractivity contribution in [1.29, 1.82) is 0 Å². The first-order valence-electron chi connectivity index (χ1n) is 8.43. The number of hydrogen-bond acceptors (Lipinski definition) is 2. The molecular formula is C18H26ClFN2O. The molecule has 1 amide bonds. The van der Waals surface area contributed by atoms with Crippen molar-refractivity contribution in [3.8, 4) is 0 Å². The van der Waals surface area contributed by atoms with E-state index < -0.39 is 0 Å². The van der Waals surface area contributed by atoms with Crippen LogP contribution in [-0.2, 0) is 11.3 Å². The number of benzene rings is 1. The van der Waals surface area contributed by atoms with Gasteiger partial charge in [-0.1, -0.05) is 44.4 Å². The van der Waals surface area contributed by atoms with Gasteiger partial charge < -0.3 is 4.90 Å². The van der Waals surface area contributed by atoms with E-state index in [1.165, 1.54) is 12.1 Å². The van der Waals surface area contributed by atoms with Gasteiger partial charge in [-0.25, -0.2) is 4.39 Å². The standard InChI is InChI=1S/C18H26ClFN2O/c1-3-4-14(2)11-18(23)22-9-7-21(8-10-22)13-15-5-6-16(20)12-17(15)19/h5-6,12,14H,3-4,7-11,13H2,1-2H3. The van der Waals surface area contributed by atoms with Gasteiger partial charge in [-0.2, -0.15) is 0 Å². The SMILES string of the molecule is CCCC(C)CC(=O)N1CCN(Cc2ccc(F)cc2Cl)CC1. The van der Waals surface area contributed by atoms with Gasteiger partial charge in [0.15, 0.2) is 0 Å². The van der Waals surface area contributed by atoms with Crippen LogP contribution in [0.3, 0.4) is 0 Å². The van der Waals surface area contributed by atoms with E-state index in [1.807, 2.05) is 4.90 Å². The summed E-state index contributed by atoms with van der Waals surface area (Å²) in [6.45, 7) is 8.19. The van der Waals surface area contributed by atoms with E-state index in [-0.39, 0.29) is 11.7 Å². The Labute approximate surface area is 143 Å². The highest BCUT2D eigenvalue weighted by Gasteiger charge is 2.22. The van der Waals surface area contributed by atoms with Crippen molar-refractivity contribution in [2.45, 2.75) is 39.7 Å². The van der Waals surface area contributed by atoms with Crippen molar-refractivity contribution < 1.29 is 9.18 Å². The fourth-order valence-electron chi connectivity index (χ4n) is 3.07. The topological polar surface area (TPSA) is 23.6 Å². The fourth-order valence-corrected chi connectivity index (χ4v) is 3.30. The molecule has 0 aromatic heterocycles. The highest BCUT2D eigenvalue weighted by molar-refractivity contribution is 6.31. The molecule has 0 saturated carbocycles. The normalized spacial score (nSPS) is 17.3. The van der Waals surface area contributed by atoms with Crippen LogP contribution in [0.2, 0.25) is 5.02 Å². The number of hydrogen-bond donors (Lipinski definition) is 0. The molecule has 0 bridgehead atoms. The van der Waals surface area contributed by atoms with E-state index in [0.717, 1.165) is 44.6 Å². The summed E-state index contributed by atoms with van der Waals surface area (Å²) >= 11 is 6.08. The van der Waals surface area contributed by atoms with Gasteiger partial charge >= 0.3 is 0 Å². The van der Waals surface area contributed by atoms with E-state index in [1.54, 1.807) is 6.07 Å². The molecule has 1 aromatic rings. The Kier molecular flexibility index (Phi) is 6.85. The summed E-state index contributed by atoms with van der Waals surface area (Å²) in [5.41, 5.74) is 0.935. The average molecular weight is 341 g/mol. The smallest absolute Gasteiger partial charge is 0.222 e. The first-order valence-corrected chi connectivity index (χ1v) is 8.81. The molecule has 0 radical (unpaired) electrons. The molecule has 1 aliphatic rings. The second-order valence-corrected chi connectivity index (χ2v) is 6.90. The zero-order valence-electron chi connectivity index (χ0n) is 14.0. The molecule has 1 aliphatic heterocycles. The zero-order valence-corrected chi connectivity index (χ0v) is 14.8. The van der Waals surface area contributed by atoms with Gasteiger partial charge in [0.05, 0.1) is 0 Å². The molecule has 5 heteroatoms. The maximum Gasteiger partial charge on any atom is 0.222 e. The van der Waals surface area contributed by atoms with Crippen LogP contribution in [0.5, 0.6) is 0 Å². The summed E-state index contributed by atoms with van der Waals surface area (Å²) < 4.78 is 13.1. The Morgan fingerprint density at radius 1 is 1.30 bits per heavy atom. The van der Waals surface area contributed by atoms with Gasteiger partial charge in [0, 0.05) is 44.2 Å². The van der Waals surface area contributed by atoms with Crippen molar-refractivity contribution in [3.05, 3.63) is 34.6 Å². The number of piperazine rings is 1. The molecule has 3 nitrogen and oxygen atoms in total. The molecule has 1 aromatic carbocycles. The third-order valence-corrected chi connectivity index (χ3v) is 4.79. The summed E-state index contributed by atoms with van der Waals surface area (Å²) in [4.78, 5) is 16.5. The first kappa shape index (κ1) is 18.2. The molecule has 1 unspecified atom stereocenters. The third kappa shape index (κ3) is 5.47. The Morgan fingerprint density at radius 3 is 2.61 bits per heavy atom. The molecule has 1 atom stereocenters. The lowest BCUT2D eigenvalue weighted by Crippen LogP contribution is -2.48. The zero-order chi connectivity index (χ0) is 16.8. The minimum Gasteiger partial charge on any atom is -0.340 e. The number of amides is 1. The molecule has 2 rings (SSSR count). The Hall–Kier alpha value is -1.13. The van der Waals surface area contributed by atoms with Crippen LogP contribution in [0.4, 0.5) is 4.39 Å². The Bertz CT molecular complexity index is 530. The van der Waals surface area contributed by atoms with Crippen LogP contribution in [0.15, 0.2) is 18.2 Å². The Morgan fingerprint density at radius 2 is 2.00 bits per heavy atom. The second-order valence-electron chi connectivity index (χ2n) is 6.49. The van der Waals surface area contributed by atoms with Crippen molar-refractivity contribution in [2.24, 2.45) is 5.92 Å². The molecule has 128 valence electrons. The summed E-state index contributed by atoms with van der Waals surface area (Å²) in [6, 6.07) is 4.53. The van der Waals surface area contributed by atoms with Crippen LogP contribution in [0, 0.1) is 11.7 Å². The number of halogens is 2. The maximum atomic E-state index is 13.1. The summed E-state index contributed by atoms with van der Waals surface area (Å²) in [5, 5.41) is 0.469. The molecule has 0 spiro atoms. The fraction of sp³-hybridized carbons (Fsp3) is 0.611. The van der Waals surface area contributed by atoms with Crippen LogP contribution in [-0.4, -0.2) is 41.9 Å². The van der Waals surface area contributed by atoms with E-state index >= 15 is 0 Å². The van der Waals surface area contributed by atoms with Crippen molar-refractivity contribution in [2.75, 3.05) is 26.2 Å². The predicted molar refractivity (Wildman–Crippen MR) is 92.0 cm³/mol. The first-order chi connectivity index (χ1) is 11.0. The van der Waals surface area contributed by atoms with Crippen molar-refractivity contribution in [3.63, 3.8) is 0 Å². The van der Waals surface area contributed by atoms with E-state index in [9.17, 15) is 9.18 Å². The lowest BCUT2D eigenvalue weighted by molar-refractivity contribution is -0.133. The van der Waals surface area contributed by atoms with Gasteiger partial charge in [-0.15, -0.1) is 0 Å². The largest absolute Gasteiger partial charge is 0.340 e. The molecular weight excluding hydrogens is 315 g/mol. The van der Waals surface area contributed by atoms with Crippen molar-refractivity contribution in [1.82, 2.24) is 9.80 Å². The van der Waals surface area contributed by atoms with Crippen LogP contribution >= 0.6 is 11.6 Å². The lowest BCUT2D eigenvalue weighted by atomic mass is 10.0. The average Bonchev–Trinajstić information content (AvgIpc) is 2.51. The lowest BCUT2D eigenvalue weighted by Gasteiger charge is -2.35. The monoisotopic (exact) mass is 340 g/mol. The number of nitrogens with zero attached hydrogens (tertiary/aromatic N) is 2. The molecule has 1 fully saturated rings. The van der Waals surface area contributed by atoms with E-state index in [0.29, 0.717) is 23.9 Å². The Balaban J connectivity index is 1.80. The van der Waals surface area contributed by atoms with Crippen LogP contribution in [0.25, 0.3) is 0 Å². The molecule has 1 saturated heterocycles. The minimum atomic E-state index is -0.310. The summed E-state index contributed by atoms with van der Waals surface area (Å²) in [5.74, 6) is 0.421. The van der Waals surface area contributed by atoms with E-state index in [4.69, 9.17) is 11.6 Å².